The van der Waals surface area contributed by atoms with Gasteiger partial charge in [-0.05, 0) is 55.5 Å². The topological polar surface area (TPSA) is 109 Å². The van der Waals surface area contributed by atoms with Crippen LogP contribution in [0.1, 0.15) is 50.5 Å². The molecule has 0 saturated heterocycles. The first-order chi connectivity index (χ1) is 20.4. The largest absolute Gasteiger partial charge is 0.382 e. The van der Waals surface area contributed by atoms with Crippen molar-refractivity contribution < 1.29 is 9.18 Å². The van der Waals surface area contributed by atoms with Gasteiger partial charge >= 0.3 is 6.03 Å². The lowest BCUT2D eigenvalue weighted by molar-refractivity contribution is 0.262. The van der Waals surface area contributed by atoms with Gasteiger partial charge in [0.15, 0.2) is 0 Å². The molecule has 0 radical (unpaired) electrons. The van der Waals surface area contributed by atoms with Crippen LogP contribution in [0.4, 0.5) is 26.4 Å². The molecule has 42 heavy (non-hydrogen) atoms. The fourth-order valence-corrected chi connectivity index (χ4v) is 5.75. The van der Waals surface area contributed by atoms with Gasteiger partial charge in [-0.3, -0.25) is 4.40 Å². The number of nitrogens with zero attached hydrogens (tertiary/aromatic N) is 3. The van der Waals surface area contributed by atoms with Crippen molar-refractivity contribution in [2.45, 2.75) is 45.1 Å². The number of allylic oxidation sites excluding steroid dienone is 1. The van der Waals surface area contributed by atoms with Crippen LogP contribution in [0.15, 0.2) is 72.9 Å². The molecular formula is C33H34FN7O. The molecule has 0 saturated carbocycles. The molecule has 0 aliphatic heterocycles. The summed E-state index contributed by atoms with van der Waals surface area (Å²) in [5.74, 6) is 0.955. The number of urea groups is 1. The highest BCUT2D eigenvalue weighted by atomic mass is 19.1. The van der Waals surface area contributed by atoms with Crippen molar-refractivity contribution in [3.8, 4) is 11.3 Å². The highest BCUT2D eigenvalue weighted by molar-refractivity contribution is 6.11. The maximum Gasteiger partial charge on any atom is 0.323 e. The number of nitrogen functional groups attached to an aromatic ring is 1. The van der Waals surface area contributed by atoms with E-state index in [1.807, 2.05) is 49.6 Å². The number of nitrogens with two attached hydrogens (primary N) is 1. The first-order valence-corrected chi connectivity index (χ1v) is 14.2. The summed E-state index contributed by atoms with van der Waals surface area (Å²) in [6, 6.07) is 17.6. The number of carbonyl (C=O) groups is 1. The molecule has 1 atom stereocenters. The molecule has 0 bridgehead atoms. The molecule has 8 nitrogen and oxygen atoms in total. The maximum absolute atomic E-state index is 14.1. The van der Waals surface area contributed by atoms with E-state index in [-0.39, 0.29) is 11.6 Å². The average Bonchev–Trinajstić information content (AvgIpc) is 3.41. The molecule has 6 rings (SSSR count). The Balaban J connectivity index is 1.46. The van der Waals surface area contributed by atoms with Crippen LogP contribution < -0.4 is 21.7 Å². The Kier molecular flexibility index (Phi) is 7.34. The summed E-state index contributed by atoms with van der Waals surface area (Å²) in [6.45, 7) is 4.26. The number of carbonyl (C=O) groups excluding carboxylic acids is 1. The molecule has 5 aromatic rings. The molecule has 1 aliphatic carbocycles. The van der Waals surface area contributed by atoms with Gasteiger partial charge in [-0.25, -0.2) is 19.2 Å². The molecule has 1 aliphatic rings. The molecule has 214 valence electrons. The number of amides is 2. The summed E-state index contributed by atoms with van der Waals surface area (Å²) in [5, 5.41) is 10.6. The van der Waals surface area contributed by atoms with E-state index >= 15 is 0 Å². The van der Waals surface area contributed by atoms with E-state index in [4.69, 9.17) is 10.7 Å². The molecule has 1 unspecified atom stereocenters. The standard InChI is InChI=1S/C33H34FN7O/c1-19(2)32-40-29(30-31(35)37-18-28(41(30)32)20-12-14-21(36-3)15-13-20)24-16-17-26(23-9-5-4-8-22(23)24)38-33(42)39-27-11-7-6-10-25(27)34/h4-12,16-19,21,36H,13-15H2,1-3H3,(H2,35,37)(H2,38,39,42). The third-order valence-corrected chi connectivity index (χ3v) is 7.93. The second kappa shape index (κ2) is 11.3. The molecule has 3 aromatic carbocycles. The average molecular weight is 564 g/mol. The van der Waals surface area contributed by atoms with E-state index in [1.165, 1.54) is 17.7 Å². The number of hydrogen-bond acceptors (Lipinski definition) is 5. The number of rotatable bonds is 6. The van der Waals surface area contributed by atoms with Crippen LogP contribution in [0.25, 0.3) is 33.1 Å². The third-order valence-electron chi connectivity index (χ3n) is 7.93. The Morgan fingerprint density at radius 2 is 1.76 bits per heavy atom. The summed E-state index contributed by atoms with van der Waals surface area (Å²) in [7, 11) is 2.01. The summed E-state index contributed by atoms with van der Waals surface area (Å²) in [5.41, 5.74) is 11.9. The molecule has 9 heteroatoms. The number of fused-ring (bicyclic) bond motifs is 2. The zero-order valence-electron chi connectivity index (χ0n) is 23.9. The monoisotopic (exact) mass is 563 g/mol. The molecule has 2 heterocycles. The number of nitrogens with one attached hydrogen (secondary N) is 3. The van der Waals surface area contributed by atoms with Crippen molar-refractivity contribution >= 4 is 45.1 Å². The first-order valence-electron chi connectivity index (χ1n) is 14.2. The summed E-state index contributed by atoms with van der Waals surface area (Å²) >= 11 is 0. The zero-order valence-corrected chi connectivity index (χ0v) is 23.9. The van der Waals surface area contributed by atoms with E-state index in [1.54, 1.807) is 12.1 Å². The Morgan fingerprint density at radius 1 is 1.02 bits per heavy atom. The number of anilines is 3. The summed E-state index contributed by atoms with van der Waals surface area (Å²) in [6.07, 6.45) is 7.11. The van der Waals surface area contributed by atoms with E-state index in [0.29, 0.717) is 17.5 Å². The van der Waals surface area contributed by atoms with E-state index < -0.39 is 11.8 Å². The molecule has 5 N–H and O–H groups in total. The van der Waals surface area contributed by atoms with Gasteiger partial charge in [-0.15, -0.1) is 0 Å². The van der Waals surface area contributed by atoms with E-state index in [2.05, 4.69) is 45.3 Å². The Labute approximate surface area is 243 Å². The van der Waals surface area contributed by atoms with Gasteiger partial charge in [0.2, 0.25) is 0 Å². The predicted octanol–water partition coefficient (Wildman–Crippen LogP) is 7.19. The van der Waals surface area contributed by atoms with E-state index in [9.17, 15) is 9.18 Å². The third kappa shape index (κ3) is 4.96. The fraction of sp³-hybridized carbons (Fsp3) is 0.242. The van der Waals surface area contributed by atoms with Crippen molar-refractivity contribution in [1.82, 2.24) is 19.7 Å². The lowest BCUT2D eigenvalue weighted by Crippen LogP contribution is -2.26. The van der Waals surface area contributed by atoms with Gasteiger partial charge < -0.3 is 21.7 Å². The Hall–Kier alpha value is -4.76. The Bertz CT molecular complexity index is 1840. The molecular weight excluding hydrogens is 529 g/mol. The molecule has 2 amide bonds. The van der Waals surface area contributed by atoms with Gasteiger partial charge in [-0.1, -0.05) is 62.4 Å². The minimum atomic E-state index is -0.535. The van der Waals surface area contributed by atoms with Crippen LogP contribution in [0.3, 0.4) is 0 Å². The normalized spacial score (nSPS) is 15.3. The fourth-order valence-electron chi connectivity index (χ4n) is 5.75. The van der Waals surface area contributed by atoms with Crippen molar-refractivity contribution in [2.24, 2.45) is 0 Å². The van der Waals surface area contributed by atoms with Gasteiger partial charge in [0.25, 0.3) is 0 Å². The van der Waals surface area contributed by atoms with Crippen LogP contribution in [0, 0.1) is 5.82 Å². The van der Waals surface area contributed by atoms with Crippen molar-refractivity contribution in [2.75, 3.05) is 23.4 Å². The SMILES string of the molecule is CNC1CC=C(c2cnc(N)c3c(-c4ccc(NC(=O)Nc5ccccc5F)c5ccccc45)nc(C(C)C)n23)CC1. The highest BCUT2D eigenvalue weighted by Gasteiger charge is 2.25. The van der Waals surface area contributed by atoms with Crippen molar-refractivity contribution in [3.05, 3.63) is 90.3 Å². The number of imidazole rings is 1. The van der Waals surface area contributed by atoms with Gasteiger partial charge in [0.1, 0.15) is 28.7 Å². The molecule has 2 aromatic heterocycles. The molecule has 0 fully saturated rings. The lowest BCUT2D eigenvalue weighted by atomic mass is 9.93. The van der Waals surface area contributed by atoms with E-state index in [0.717, 1.165) is 58.3 Å². The number of benzene rings is 3. The van der Waals surface area contributed by atoms with Crippen LogP contribution in [-0.4, -0.2) is 33.5 Å². The molecule has 0 spiro atoms. The highest BCUT2D eigenvalue weighted by Crippen LogP contribution is 2.39. The smallest absolute Gasteiger partial charge is 0.323 e. The number of para-hydroxylation sites is 1. The Morgan fingerprint density at radius 3 is 2.48 bits per heavy atom. The number of halogens is 1. The summed E-state index contributed by atoms with van der Waals surface area (Å²) in [4.78, 5) is 22.6. The second-order valence-electron chi connectivity index (χ2n) is 10.9. The zero-order chi connectivity index (χ0) is 29.4. The number of aromatic nitrogens is 3. The quantitative estimate of drug-likeness (QED) is 0.175. The van der Waals surface area contributed by atoms with Crippen LogP contribution in [-0.2, 0) is 0 Å². The predicted molar refractivity (Wildman–Crippen MR) is 168 cm³/mol. The second-order valence-corrected chi connectivity index (χ2v) is 10.9. The van der Waals surface area contributed by atoms with Crippen LogP contribution >= 0.6 is 0 Å². The lowest BCUT2D eigenvalue weighted by Gasteiger charge is -2.22. The van der Waals surface area contributed by atoms with Gasteiger partial charge in [-0.2, -0.15) is 0 Å². The number of hydrogen-bond donors (Lipinski definition) is 4. The minimum absolute atomic E-state index is 0.106. The minimum Gasteiger partial charge on any atom is -0.382 e. The summed E-state index contributed by atoms with van der Waals surface area (Å²) < 4.78 is 16.3. The van der Waals surface area contributed by atoms with Crippen molar-refractivity contribution in [3.63, 3.8) is 0 Å². The van der Waals surface area contributed by atoms with Crippen LogP contribution in [0.5, 0.6) is 0 Å². The first kappa shape index (κ1) is 27.4. The maximum atomic E-state index is 14.1. The van der Waals surface area contributed by atoms with Gasteiger partial charge in [0, 0.05) is 22.9 Å². The van der Waals surface area contributed by atoms with Crippen molar-refractivity contribution in [1.29, 1.82) is 0 Å². The van der Waals surface area contributed by atoms with Crippen LogP contribution in [0.2, 0.25) is 0 Å². The van der Waals surface area contributed by atoms with Gasteiger partial charge in [0.05, 0.1) is 23.3 Å².